The summed E-state index contributed by atoms with van der Waals surface area (Å²) >= 11 is 0. The van der Waals surface area contributed by atoms with Gasteiger partial charge >= 0.3 is 0 Å². The Balaban J connectivity index is 1.67. The Labute approximate surface area is 111 Å². The van der Waals surface area contributed by atoms with E-state index in [0.29, 0.717) is 24.9 Å². The molecule has 1 fully saturated rings. The summed E-state index contributed by atoms with van der Waals surface area (Å²) in [6.07, 6.45) is 5.35. The van der Waals surface area contributed by atoms with Crippen molar-refractivity contribution >= 4 is 0 Å². The van der Waals surface area contributed by atoms with E-state index in [2.05, 4.69) is 27.4 Å². The van der Waals surface area contributed by atoms with E-state index in [1.54, 1.807) is 10.9 Å². The van der Waals surface area contributed by atoms with E-state index in [9.17, 15) is 0 Å². The molecule has 19 heavy (non-hydrogen) atoms. The first-order valence-corrected chi connectivity index (χ1v) is 6.66. The van der Waals surface area contributed by atoms with Gasteiger partial charge in [0.05, 0.1) is 11.9 Å². The number of nitrogens with two attached hydrogens (primary N) is 1. The molecule has 2 aromatic rings. The first-order chi connectivity index (χ1) is 9.24. The van der Waals surface area contributed by atoms with Crippen LogP contribution in [0.4, 0.5) is 0 Å². The van der Waals surface area contributed by atoms with Gasteiger partial charge in [-0.05, 0) is 25.2 Å². The lowest BCUT2D eigenvalue weighted by molar-refractivity contribution is 0.357. The van der Waals surface area contributed by atoms with Gasteiger partial charge in [-0.3, -0.25) is 0 Å². The molecule has 1 saturated carbocycles. The minimum absolute atomic E-state index is 0.384. The molecule has 0 bridgehead atoms. The van der Waals surface area contributed by atoms with Gasteiger partial charge in [-0.25, -0.2) is 4.68 Å². The zero-order valence-electron chi connectivity index (χ0n) is 11.0. The Kier molecular flexibility index (Phi) is 3.29. The predicted octanol–water partition coefficient (Wildman–Crippen LogP) is 1.07. The van der Waals surface area contributed by atoms with Crippen molar-refractivity contribution in [3.05, 3.63) is 23.6 Å². The average molecular weight is 262 g/mol. The van der Waals surface area contributed by atoms with Gasteiger partial charge < -0.3 is 10.3 Å². The fourth-order valence-electron chi connectivity index (χ4n) is 2.59. The van der Waals surface area contributed by atoms with E-state index in [1.807, 2.05) is 0 Å². The summed E-state index contributed by atoms with van der Waals surface area (Å²) in [6.45, 7) is 3.10. The summed E-state index contributed by atoms with van der Waals surface area (Å²) in [4.78, 5) is 4.46. The van der Waals surface area contributed by atoms with Crippen LogP contribution in [0.1, 0.15) is 49.5 Å². The molecule has 0 aliphatic heterocycles. The number of hydrogen-bond donors (Lipinski definition) is 1. The maximum atomic E-state index is 5.49. The molecule has 1 aliphatic carbocycles. The molecule has 2 unspecified atom stereocenters. The standard InChI is InChI=1S/C12H18N6O/c1-8-2-3-9(4-8)12-14-11(19-16-12)7-18-6-10(5-13)15-17-18/h6,8-9H,2-5,7,13H2,1H3. The summed E-state index contributed by atoms with van der Waals surface area (Å²) in [5.74, 6) is 2.61. The lowest BCUT2D eigenvalue weighted by Gasteiger charge is -2.01. The van der Waals surface area contributed by atoms with Crippen LogP contribution in [0.2, 0.25) is 0 Å². The highest BCUT2D eigenvalue weighted by Crippen LogP contribution is 2.36. The van der Waals surface area contributed by atoms with Crippen LogP contribution in [0.3, 0.4) is 0 Å². The highest BCUT2D eigenvalue weighted by atomic mass is 16.5. The zero-order valence-corrected chi connectivity index (χ0v) is 11.0. The molecule has 2 N–H and O–H groups in total. The molecule has 7 heteroatoms. The van der Waals surface area contributed by atoms with E-state index < -0.39 is 0 Å². The van der Waals surface area contributed by atoms with Crippen LogP contribution in [-0.4, -0.2) is 25.1 Å². The third-order valence-electron chi connectivity index (χ3n) is 3.64. The fraction of sp³-hybridized carbons (Fsp3) is 0.667. The molecule has 0 amide bonds. The molecule has 7 nitrogen and oxygen atoms in total. The van der Waals surface area contributed by atoms with Crippen LogP contribution in [0.15, 0.2) is 10.7 Å². The molecule has 2 aromatic heterocycles. The highest BCUT2D eigenvalue weighted by molar-refractivity contribution is 5.00. The Morgan fingerprint density at radius 3 is 3.05 bits per heavy atom. The highest BCUT2D eigenvalue weighted by Gasteiger charge is 2.26. The number of aromatic nitrogens is 5. The smallest absolute Gasteiger partial charge is 0.248 e. The predicted molar refractivity (Wildman–Crippen MR) is 67.1 cm³/mol. The molecule has 2 atom stereocenters. The summed E-state index contributed by atoms with van der Waals surface area (Å²) in [6, 6.07) is 0. The number of nitrogens with zero attached hydrogens (tertiary/aromatic N) is 5. The van der Waals surface area contributed by atoms with Gasteiger partial charge in [0.25, 0.3) is 0 Å². The maximum Gasteiger partial charge on any atom is 0.248 e. The summed E-state index contributed by atoms with van der Waals surface area (Å²) in [7, 11) is 0. The van der Waals surface area contributed by atoms with E-state index in [4.69, 9.17) is 10.3 Å². The zero-order chi connectivity index (χ0) is 13.2. The van der Waals surface area contributed by atoms with Crippen molar-refractivity contribution in [2.45, 2.75) is 45.2 Å². The van der Waals surface area contributed by atoms with E-state index >= 15 is 0 Å². The Morgan fingerprint density at radius 2 is 2.37 bits per heavy atom. The third kappa shape index (κ3) is 2.65. The van der Waals surface area contributed by atoms with Crippen LogP contribution >= 0.6 is 0 Å². The van der Waals surface area contributed by atoms with Gasteiger partial charge in [-0.1, -0.05) is 17.3 Å². The minimum atomic E-state index is 0.384. The van der Waals surface area contributed by atoms with Crippen molar-refractivity contribution < 1.29 is 4.52 Å². The van der Waals surface area contributed by atoms with Gasteiger partial charge in [0.1, 0.15) is 6.54 Å². The van der Waals surface area contributed by atoms with Crippen molar-refractivity contribution in [3.8, 4) is 0 Å². The van der Waals surface area contributed by atoms with Crippen molar-refractivity contribution in [3.63, 3.8) is 0 Å². The topological polar surface area (TPSA) is 95.7 Å². The Hall–Kier alpha value is -1.76. The SMILES string of the molecule is CC1CCC(c2noc(Cn3cc(CN)nn3)n2)C1. The lowest BCUT2D eigenvalue weighted by Crippen LogP contribution is -2.02. The van der Waals surface area contributed by atoms with Crippen molar-refractivity contribution in [1.29, 1.82) is 0 Å². The Morgan fingerprint density at radius 1 is 1.47 bits per heavy atom. The first-order valence-electron chi connectivity index (χ1n) is 6.66. The largest absolute Gasteiger partial charge is 0.337 e. The van der Waals surface area contributed by atoms with Gasteiger partial charge in [0.2, 0.25) is 5.89 Å². The molecule has 0 spiro atoms. The molecule has 3 rings (SSSR count). The summed E-state index contributed by atoms with van der Waals surface area (Å²) in [5.41, 5.74) is 6.24. The van der Waals surface area contributed by atoms with Crippen molar-refractivity contribution in [2.75, 3.05) is 0 Å². The van der Waals surface area contributed by atoms with Crippen LogP contribution in [-0.2, 0) is 13.1 Å². The van der Waals surface area contributed by atoms with Gasteiger partial charge in [0, 0.05) is 12.5 Å². The normalized spacial score (nSPS) is 23.1. The van der Waals surface area contributed by atoms with Crippen molar-refractivity contribution in [1.82, 2.24) is 25.1 Å². The van der Waals surface area contributed by atoms with Crippen molar-refractivity contribution in [2.24, 2.45) is 11.7 Å². The number of rotatable bonds is 4. The second-order valence-electron chi connectivity index (χ2n) is 5.27. The van der Waals surface area contributed by atoms with Crippen LogP contribution < -0.4 is 5.73 Å². The first kappa shape index (κ1) is 12.3. The van der Waals surface area contributed by atoms with E-state index in [-0.39, 0.29) is 0 Å². The molecule has 102 valence electrons. The quantitative estimate of drug-likeness (QED) is 0.885. The third-order valence-corrected chi connectivity index (χ3v) is 3.64. The molecular formula is C12H18N6O. The minimum Gasteiger partial charge on any atom is -0.337 e. The van der Waals surface area contributed by atoms with Crippen LogP contribution in [0, 0.1) is 5.92 Å². The van der Waals surface area contributed by atoms with Crippen LogP contribution in [0.25, 0.3) is 0 Å². The lowest BCUT2D eigenvalue weighted by atomic mass is 10.1. The number of hydrogen-bond acceptors (Lipinski definition) is 6. The maximum absolute atomic E-state index is 5.49. The van der Waals surface area contributed by atoms with Gasteiger partial charge in [-0.15, -0.1) is 5.10 Å². The molecular weight excluding hydrogens is 244 g/mol. The molecule has 0 aromatic carbocycles. The summed E-state index contributed by atoms with van der Waals surface area (Å²) in [5, 5.41) is 12.0. The van der Waals surface area contributed by atoms with E-state index in [1.165, 1.54) is 6.42 Å². The van der Waals surface area contributed by atoms with Crippen LogP contribution in [0.5, 0.6) is 0 Å². The molecule has 2 heterocycles. The fourth-order valence-corrected chi connectivity index (χ4v) is 2.59. The Bertz CT molecular complexity index is 548. The molecule has 0 radical (unpaired) electrons. The van der Waals surface area contributed by atoms with Gasteiger partial charge in [-0.2, -0.15) is 4.98 Å². The molecule has 1 aliphatic rings. The van der Waals surface area contributed by atoms with E-state index in [0.717, 1.165) is 30.3 Å². The molecule has 0 saturated heterocycles. The second kappa shape index (κ2) is 5.08. The van der Waals surface area contributed by atoms with Gasteiger partial charge in [0.15, 0.2) is 5.82 Å². The average Bonchev–Trinajstić information content (AvgIpc) is 3.10. The monoisotopic (exact) mass is 262 g/mol. The summed E-state index contributed by atoms with van der Waals surface area (Å²) < 4.78 is 6.94. The second-order valence-corrected chi connectivity index (χ2v) is 5.27.